The summed E-state index contributed by atoms with van der Waals surface area (Å²) >= 11 is 0. The van der Waals surface area contributed by atoms with E-state index in [1.165, 1.54) is 44.1 Å². The SMILES string of the molecule is CN(CC(=O)Nc1ccc(CN2CCOCC2)cc1)C1CCCCCC1. The lowest BCUT2D eigenvalue weighted by atomic mass is 10.1. The molecule has 1 aromatic rings. The second-order valence-electron chi connectivity index (χ2n) is 7.69. The average molecular weight is 360 g/mol. The van der Waals surface area contributed by atoms with Crippen molar-refractivity contribution in [3.05, 3.63) is 29.8 Å². The Hall–Kier alpha value is -1.43. The zero-order valence-corrected chi connectivity index (χ0v) is 16.1. The van der Waals surface area contributed by atoms with Crippen molar-refractivity contribution >= 4 is 11.6 Å². The van der Waals surface area contributed by atoms with Crippen molar-refractivity contribution in [2.75, 3.05) is 45.2 Å². The minimum atomic E-state index is 0.0812. The van der Waals surface area contributed by atoms with E-state index in [1.54, 1.807) is 0 Å². The third-order valence-corrected chi connectivity index (χ3v) is 5.59. The number of rotatable bonds is 6. The van der Waals surface area contributed by atoms with Gasteiger partial charge in [-0.1, -0.05) is 37.8 Å². The van der Waals surface area contributed by atoms with Crippen molar-refractivity contribution in [2.45, 2.75) is 51.1 Å². The highest BCUT2D eigenvalue weighted by Crippen LogP contribution is 2.21. The molecule has 0 aromatic heterocycles. The van der Waals surface area contributed by atoms with Gasteiger partial charge in [0.2, 0.25) is 5.91 Å². The fourth-order valence-corrected chi connectivity index (χ4v) is 3.97. The molecule has 1 saturated heterocycles. The topological polar surface area (TPSA) is 44.8 Å². The second kappa shape index (κ2) is 10.0. The van der Waals surface area contributed by atoms with Gasteiger partial charge in [0, 0.05) is 31.4 Å². The first-order valence-corrected chi connectivity index (χ1v) is 10.1. The molecule has 0 atom stereocenters. The molecule has 1 aromatic carbocycles. The summed E-state index contributed by atoms with van der Waals surface area (Å²) in [5.41, 5.74) is 2.16. The number of morpholine rings is 1. The quantitative estimate of drug-likeness (QED) is 0.793. The molecule has 1 heterocycles. The van der Waals surface area contributed by atoms with Gasteiger partial charge in [-0.15, -0.1) is 0 Å². The molecule has 2 fully saturated rings. The molecule has 2 aliphatic rings. The lowest BCUT2D eigenvalue weighted by molar-refractivity contribution is -0.117. The molecular weight excluding hydrogens is 326 g/mol. The van der Waals surface area contributed by atoms with Crippen LogP contribution in [-0.4, -0.2) is 61.6 Å². The van der Waals surface area contributed by atoms with Crippen LogP contribution in [0.3, 0.4) is 0 Å². The fourth-order valence-electron chi connectivity index (χ4n) is 3.97. The third-order valence-electron chi connectivity index (χ3n) is 5.59. The maximum absolute atomic E-state index is 12.4. The van der Waals surface area contributed by atoms with Crippen LogP contribution in [0.5, 0.6) is 0 Å². The Morgan fingerprint density at radius 2 is 1.77 bits per heavy atom. The summed E-state index contributed by atoms with van der Waals surface area (Å²) in [6, 6.07) is 8.80. The van der Waals surface area contributed by atoms with Gasteiger partial charge in [0.25, 0.3) is 0 Å². The van der Waals surface area contributed by atoms with Crippen molar-refractivity contribution < 1.29 is 9.53 Å². The Balaban J connectivity index is 1.44. The zero-order valence-electron chi connectivity index (χ0n) is 16.1. The summed E-state index contributed by atoms with van der Waals surface area (Å²) in [7, 11) is 2.08. The number of likely N-dealkylation sites (N-methyl/N-ethyl adjacent to an activating group) is 1. The third kappa shape index (κ3) is 6.08. The molecule has 1 aliphatic heterocycles. The van der Waals surface area contributed by atoms with Crippen LogP contribution in [0.25, 0.3) is 0 Å². The van der Waals surface area contributed by atoms with Crippen LogP contribution >= 0.6 is 0 Å². The summed E-state index contributed by atoms with van der Waals surface area (Å²) in [5.74, 6) is 0.0812. The summed E-state index contributed by atoms with van der Waals surface area (Å²) in [6.45, 7) is 5.05. The highest BCUT2D eigenvalue weighted by atomic mass is 16.5. The normalized spacial score (nSPS) is 20.1. The van der Waals surface area contributed by atoms with E-state index in [0.29, 0.717) is 12.6 Å². The van der Waals surface area contributed by atoms with Crippen molar-refractivity contribution in [3.63, 3.8) is 0 Å². The Morgan fingerprint density at radius 3 is 2.42 bits per heavy atom. The molecule has 1 aliphatic carbocycles. The standard InChI is InChI=1S/C21H33N3O2/c1-23(20-6-4-2-3-5-7-20)17-21(25)22-19-10-8-18(9-11-19)16-24-12-14-26-15-13-24/h8-11,20H,2-7,12-17H2,1H3,(H,22,25). The van der Waals surface area contributed by atoms with Gasteiger partial charge in [0.1, 0.15) is 0 Å². The Labute approximate surface area is 157 Å². The van der Waals surface area contributed by atoms with E-state index in [4.69, 9.17) is 4.74 Å². The molecule has 0 radical (unpaired) electrons. The molecule has 0 spiro atoms. The Morgan fingerprint density at radius 1 is 1.12 bits per heavy atom. The van der Waals surface area contributed by atoms with Gasteiger partial charge in [-0.2, -0.15) is 0 Å². The largest absolute Gasteiger partial charge is 0.379 e. The predicted octanol–water partition coefficient (Wildman–Crippen LogP) is 3.11. The van der Waals surface area contributed by atoms with E-state index in [-0.39, 0.29) is 5.91 Å². The van der Waals surface area contributed by atoms with E-state index < -0.39 is 0 Å². The number of nitrogens with zero attached hydrogens (tertiary/aromatic N) is 2. The summed E-state index contributed by atoms with van der Waals surface area (Å²) in [6.07, 6.45) is 7.71. The number of anilines is 1. The maximum Gasteiger partial charge on any atom is 0.238 e. The molecule has 1 N–H and O–H groups in total. The van der Waals surface area contributed by atoms with E-state index in [0.717, 1.165) is 38.5 Å². The highest BCUT2D eigenvalue weighted by Gasteiger charge is 2.19. The van der Waals surface area contributed by atoms with Crippen LogP contribution in [0.2, 0.25) is 0 Å². The minimum absolute atomic E-state index is 0.0812. The van der Waals surface area contributed by atoms with Gasteiger partial charge in [-0.3, -0.25) is 14.6 Å². The van der Waals surface area contributed by atoms with E-state index in [2.05, 4.69) is 34.3 Å². The number of hydrogen-bond donors (Lipinski definition) is 1. The molecule has 0 unspecified atom stereocenters. The molecular formula is C21H33N3O2. The number of amides is 1. The maximum atomic E-state index is 12.4. The number of nitrogens with one attached hydrogen (secondary N) is 1. The number of carbonyl (C=O) groups excluding carboxylic acids is 1. The van der Waals surface area contributed by atoms with Crippen LogP contribution in [-0.2, 0) is 16.1 Å². The van der Waals surface area contributed by atoms with E-state index in [1.807, 2.05) is 12.1 Å². The molecule has 26 heavy (non-hydrogen) atoms. The molecule has 1 amide bonds. The van der Waals surface area contributed by atoms with Crippen LogP contribution in [0, 0.1) is 0 Å². The van der Waals surface area contributed by atoms with E-state index >= 15 is 0 Å². The average Bonchev–Trinajstić information content (AvgIpc) is 2.94. The van der Waals surface area contributed by atoms with Gasteiger partial charge >= 0.3 is 0 Å². The van der Waals surface area contributed by atoms with Crippen LogP contribution in [0.15, 0.2) is 24.3 Å². The molecule has 144 valence electrons. The lowest BCUT2D eigenvalue weighted by Gasteiger charge is -2.27. The highest BCUT2D eigenvalue weighted by molar-refractivity contribution is 5.92. The fraction of sp³-hybridized carbons (Fsp3) is 0.667. The van der Waals surface area contributed by atoms with Gasteiger partial charge in [-0.25, -0.2) is 0 Å². The van der Waals surface area contributed by atoms with Crippen LogP contribution in [0.1, 0.15) is 44.1 Å². The van der Waals surface area contributed by atoms with Crippen molar-refractivity contribution in [1.82, 2.24) is 9.80 Å². The van der Waals surface area contributed by atoms with Gasteiger partial charge in [0.15, 0.2) is 0 Å². The monoisotopic (exact) mass is 359 g/mol. The zero-order chi connectivity index (χ0) is 18.2. The van der Waals surface area contributed by atoms with Gasteiger partial charge in [0.05, 0.1) is 19.8 Å². The first-order chi connectivity index (χ1) is 12.7. The number of benzene rings is 1. The second-order valence-corrected chi connectivity index (χ2v) is 7.69. The van der Waals surface area contributed by atoms with Crippen molar-refractivity contribution in [3.8, 4) is 0 Å². The minimum Gasteiger partial charge on any atom is -0.379 e. The summed E-state index contributed by atoms with van der Waals surface area (Å²) in [5, 5.41) is 3.04. The molecule has 3 rings (SSSR count). The summed E-state index contributed by atoms with van der Waals surface area (Å²) in [4.78, 5) is 17.0. The smallest absolute Gasteiger partial charge is 0.238 e. The van der Waals surface area contributed by atoms with E-state index in [9.17, 15) is 4.79 Å². The number of ether oxygens (including phenoxy) is 1. The molecule has 1 saturated carbocycles. The van der Waals surface area contributed by atoms with Crippen LogP contribution < -0.4 is 5.32 Å². The van der Waals surface area contributed by atoms with Gasteiger partial charge in [-0.05, 0) is 37.6 Å². The number of hydrogen-bond acceptors (Lipinski definition) is 4. The first kappa shape index (κ1) is 19.3. The molecule has 0 bridgehead atoms. The molecule has 5 nitrogen and oxygen atoms in total. The Kier molecular flexibility index (Phi) is 7.47. The van der Waals surface area contributed by atoms with Crippen LogP contribution in [0.4, 0.5) is 5.69 Å². The number of carbonyl (C=O) groups is 1. The predicted molar refractivity (Wildman–Crippen MR) is 105 cm³/mol. The Bertz CT molecular complexity index is 547. The summed E-state index contributed by atoms with van der Waals surface area (Å²) < 4.78 is 5.39. The van der Waals surface area contributed by atoms with Crippen molar-refractivity contribution in [2.24, 2.45) is 0 Å². The molecule has 5 heteroatoms. The first-order valence-electron chi connectivity index (χ1n) is 10.1. The van der Waals surface area contributed by atoms with Gasteiger partial charge < -0.3 is 10.1 Å². The lowest BCUT2D eigenvalue weighted by Crippen LogP contribution is -2.37. The van der Waals surface area contributed by atoms with Crippen molar-refractivity contribution in [1.29, 1.82) is 0 Å².